The normalized spacial score (nSPS) is 11.6. The van der Waals surface area contributed by atoms with E-state index in [-0.39, 0.29) is 18.9 Å². The van der Waals surface area contributed by atoms with Gasteiger partial charge in [0.25, 0.3) is 5.91 Å². The first-order chi connectivity index (χ1) is 16.5. The van der Waals surface area contributed by atoms with Gasteiger partial charge in [-0.1, -0.05) is 48.5 Å². The van der Waals surface area contributed by atoms with E-state index in [9.17, 15) is 14.4 Å². The Morgan fingerprint density at radius 3 is 2.35 bits per heavy atom. The zero-order valence-corrected chi connectivity index (χ0v) is 18.5. The third-order valence-electron chi connectivity index (χ3n) is 5.32. The molecule has 0 aliphatic carbocycles. The number of rotatable bonds is 8. The van der Waals surface area contributed by atoms with Gasteiger partial charge in [-0.3, -0.25) is 4.79 Å². The molecule has 4 rings (SSSR count). The minimum Gasteiger partial charge on any atom is -0.497 e. The van der Waals surface area contributed by atoms with Crippen LogP contribution in [-0.4, -0.2) is 25.0 Å². The first kappa shape index (κ1) is 22.8. The van der Waals surface area contributed by atoms with Crippen LogP contribution in [0.1, 0.15) is 21.5 Å². The van der Waals surface area contributed by atoms with Crippen molar-refractivity contribution in [2.45, 2.75) is 19.1 Å². The number of ether oxygens (including phenoxy) is 2. The summed E-state index contributed by atoms with van der Waals surface area (Å²) in [4.78, 5) is 37.8. The molecule has 1 unspecified atom stereocenters. The molecule has 0 aliphatic heterocycles. The number of hydrogen-bond donors (Lipinski definition) is 1. The number of nitrogens with one attached hydrogen (secondary N) is 1. The van der Waals surface area contributed by atoms with Gasteiger partial charge in [0.2, 0.25) is 0 Å². The number of carbonyl (C=O) groups is 2. The van der Waals surface area contributed by atoms with E-state index in [0.717, 1.165) is 5.56 Å². The van der Waals surface area contributed by atoms with Crippen molar-refractivity contribution >= 4 is 22.8 Å². The molecule has 1 atom stereocenters. The summed E-state index contributed by atoms with van der Waals surface area (Å²) in [7, 11) is 1.52. The van der Waals surface area contributed by atoms with Crippen LogP contribution < -0.4 is 15.7 Å². The summed E-state index contributed by atoms with van der Waals surface area (Å²) in [6, 6.07) is 23.4. The molecular formula is C27H23NO6. The minimum absolute atomic E-state index is 0.153. The lowest BCUT2D eigenvalue weighted by Gasteiger charge is -2.18. The molecule has 1 N–H and O–H groups in total. The highest BCUT2D eigenvalue weighted by molar-refractivity contribution is 5.96. The smallest absolute Gasteiger partial charge is 0.336 e. The van der Waals surface area contributed by atoms with E-state index >= 15 is 0 Å². The molecule has 0 fully saturated rings. The van der Waals surface area contributed by atoms with Crippen molar-refractivity contribution in [1.29, 1.82) is 0 Å². The van der Waals surface area contributed by atoms with Gasteiger partial charge < -0.3 is 19.2 Å². The van der Waals surface area contributed by atoms with Gasteiger partial charge in [0, 0.05) is 35.1 Å². The van der Waals surface area contributed by atoms with E-state index in [2.05, 4.69) is 5.32 Å². The third-order valence-corrected chi connectivity index (χ3v) is 5.32. The number of amides is 1. The van der Waals surface area contributed by atoms with Gasteiger partial charge in [0.15, 0.2) is 0 Å². The van der Waals surface area contributed by atoms with E-state index in [1.54, 1.807) is 42.5 Å². The van der Waals surface area contributed by atoms with Crippen molar-refractivity contribution < 1.29 is 23.5 Å². The van der Waals surface area contributed by atoms with Crippen LogP contribution >= 0.6 is 0 Å². The topological polar surface area (TPSA) is 94.8 Å². The molecule has 3 aromatic carbocycles. The molecule has 7 nitrogen and oxygen atoms in total. The summed E-state index contributed by atoms with van der Waals surface area (Å²) in [5, 5.41) is 3.40. The van der Waals surface area contributed by atoms with E-state index < -0.39 is 17.6 Å². The summed E-state index contributed by atoms with van der Waals surface area (Å²) >= 11 is 0. The largest absolute Gasteiger partial charge is 0.497 e. The van der Waals surface area contributed by atoms with E-state index in [4.69, 9.17) is 13.9 Å². The maximum atomic E-state index is 13.1. The second kappa shape index (κ2) is 10.5. The molecule has 1 heterocycles. The lowest BCUT2D eigenvalue weighted by atomic mass is 10.1. The predicted octanol–water partition coefficient (Wildman–Crippen LogP) is 3.89. The van der Waals surface area contributed by atoms with Gasteiger partial charge in [-0.15, -0.1) is 0 Å². The molecule has 7 heteroatoms. The van der Waals surface area contributed by atoms with Crippen molar-refractivity contribution in [3.63, 3.8) is 0 Å². The summed E-state index contributed by atoms with van der Waals surface area (Å²) in [5.74, 6) is -0.448. The standard InChI is InChI=1S/C27H23NO6/c1-32-21-12-13-22-20(15-25(29)34-24(22)16-21)17-33-27(31)23(14-18-8-4-2-5-9-18)28-26(30)19-10-6-3-7-11-19/h2-13,15-16,23H,14,17H2,1H3,(H,28,30). The minimum atomic E-state index is -0.915. The molecule has 0 aliphatic rings. The quantitative estimate of drug-likeness (QED) is 0.319. The molecule has 0 spiro atoms. The lowest BCUT2D eigenvalue weighted by Crippen LogP contribution is -2.43. The van der Waals surface area contributed by atoms with Gasteiger partial charge >= 0.3 is 11.6 Å². The highest BCUT2D eigenvalue weighted by atomic mass is 16.5. The fourth-order valence-electron chi connectivity index (χ4n) is 3.58. The Kier molecular flexibility index (Phi) is 7.03. The monoisotopic (exact) mass is 457 g/mol. The van der Waals surface area contributed by atoms with Gasteiger partial charge in [0.1, 0.15) is 24.0 Å². The highest BCUT2D eigenvalue weighted by Crippen LogP contribution is 2.23. The molecule has 1 aromatic heterocycles. The van der Waals surface area contributed by atoms with Gasteiger partial charge in [0.05, 0.1) is 7.11 Å². The zero-order chi connectivity index (χ0) is 23.9. The van der Waals surface area contributed by atoms with Crippen LogP contribution in [0.15, 0.2) is 94.1 Å². The SMILES string of the molecule is COc1ccc2c(COC(=O)C(Cc3ccccc3)NC(=O)c3ccccc3)cc(=O)oc2c1. The fourth-order valence-corrected chi connectivity index (χ4v) is 3.58. The molecule has 0 saturated heterocycles. The molecular weight excluding hydrogens is 434 g/mol. The number of hydrogen-bond acceptors (Lipinski definition) is 6. The molecule has 172 valence electrons. The molecule has 0 bridgehead atoms. The maximum absolute atomic E-state index is 13.1. The van der Waals surface area contributed by atoms with Crippen LogP contribution in [0.5, 0.6) is 5.75 Å². The van der Waals surface area contributed by atoms with E-state index in [1.165, 1.54) is 13.2 Å². The number of methoxy groups -OCH3 is 1. The Morgan fingerprint density at radius 2 is 1.65 bits per heavy atom. The summed E-state index contributed by atoms with van der Waals surface area (Å²) in [5.41, 5.74) is 1.57. The number of fused-ring (bicyclic) bond motifs is 1. The van der Waals surface area contributed by atoms with Crippen molar-refractivity contribution in [1.82, 2.24) is 5.32 Å². The second-order valence-corrected chi connectivity index (χ2v) is 7.64. The molecule has 1 amide bonds. The molecule has 34 heavy (non-hydrogen) atoms. The number of carbonyl (C=O) groups excluding carboxylic acids is 2. The summed E-state index contributed by atoms with van der Waals surface area (Å²) in [6.45, 7) is -0.153. The van der Waals surface area contributed by atoms with Gasteiger partial charge in [-0.25, -0.2) is 9.59 Å². The zero-order valence-electron chi connectivity index (χ0n) is 18.5. The Bertz CT molecular complexity index is 1350. The Labute approximate surface area is 195 Å². The number of esters is 1. The summed E-state index contributed by atoms with van der Waals surface area (Å²) in [6.07, 6.45) is 0.257. The van der Waals surface area contributed by atoms with E-state index in [1.807, 2.05) is 36.4 Å². The van der Waals surface area contributed by atoms with Crippen LogP contribution in [0.3, 0.4) is 0 Å². The first-order valence-corrected chi connectivity index (χ1v) is 10.7. The van der Waals surface area contributed by atoms with Crippen molar-refractivity contribution in [2.75, 3.05) is 7.11 Å². The first-order valence-electron chi connectivity index (χ1n) is 10.7. The Hall–Kier alpha value is -4.39. The lowest BCUT2D eigenvalue weighted by molar-refractivity contribution is -0.147. The second-order valence-electron chi connectivity index (χ2n) is 7.64. The van der Waals surface area contributed by atoms with Crippen LogP contribution in [-0.2, 0) is 22.6 Å². The van der Waals surface area contributed by atoms with Gasteiger partial charge in [-0.05, 0) is 29.8 Å². The van der Waals surface area contributed by atoms with Crippen LogP contribution in [0, 0.1) is 0 Å². The average Bonchev–Trinajstić information content (AvgIpc) is 2.87. The molecule has 0 saturated carbocycles. The van der Waals surface area contributed by atoms with Crippen LogP contribution in [0.25, 0.3) is 11.0 Å². The van der Waals surface area contributed by atoms with Crippen molar-refractivity contribution in [3.05, 3.63) is 112 Å². The third kappa shape index (κ3) is 5.50. The number of benzene rings is 3. The highest BCUT2D eigenvalue weighted by Gasteiger charge is 2.24. The van der Waals surface area contributed by atoms with Crippen molar-refractivity contribution in [3.8, 4) is 5.75 Å². The predicted molar refractivity (Wildman–Crippen MR) is 127 cm³/mol. The average molecular weight is 457 g/mol. The maximum Gasteiger partial charge on any atom is 0.336 e. The Balaban J connectivity index is 1.54. The van der Waals surface area contributed by atoms with Crippen molar-refractivity contribution in [2.24, 2.45) is 0 Å². The van der Waals surface area contributed by atoms with E-state index in [0.29, 0.717) is 27.8 Å². The summed E-state index contributed by atoms with van der Waals surface area (Å²) < 4.78 is 16.0. The molecule has 0 radical (unpaired) electrons. The van der Waals surface area contributed by atoms with Gasteiger partial charge in [-0.2, -0.15) is 0 Å². The van der Waals surface area contributed by atoms with Crippen LogP contribution in [0.2, 0.25) is 0 Å². The Morgan fingerprint density at radius 1 is 0.941 bits per heavy atom. The fraction of sp³-hybridized carbons (Fsp3) is 0.148. The molecule has 4 aromatic rings. The van der Waals surface area contributed by atoms with Crippen LogP contribution in [0.4, 0.5) is 0 Å².